The molecular weight excluding hydrogens is 394 g/mol. The molecule has 1 N–H and O–H groups in total. The maximum Gasteiger partial charge on any atom is 0.134 e. The van der Waals surface area contributed by atoms with E-state index >= 15 is 0 Å². The van der Waals surface area contributed by atoms with Gasteiger partial charge in [-0.15, -0.1) is 0 Å². The van der Waals surface area contributed by atoms with Crippen LogP contribution in [0.1, 0.15) is 24.5 Å². The van der Waals surface area contributed by atoms with E-state index in [0.29, 0.717) is 6.61 Å². The summed E-state index contributed by atoms with van der Waals surface area (Å²) in [4.78, 5) is 0. The summed E-state index contributed by atoms with van der Waals surface area (Å²) < 4.78 is 7.93. The molecule has 0 aliphatic rings. The first-order valence-corrected chi connectivity index (χ1v) is 8.64. The molecule has 0 saturated heterocycles. The zero-order valence-corrected chi connectivity index (χ0v) is 15.2. The fraction of sp³-hybridized carbons (Fsp3) is 0.294. The van der Waals surface area contributed by atoms with Gasteiger partial charge in [0, 0.05) is 11.0 Å². The van der Waals surface area contributed by atoms with Crippen LogP contribution in [0.15, 0.2) is 51.4 Å². The second-order valence-electron chi connectivity index (χ2n) is 4.86. The van der Waals surface area contributed by atoms with E-state index in [9.17, 15) is 0 Å². The molecule has 0 aromatic heterocycles. The van der Waals surface area contributed by atoms with Crippen molar-refractivity contribution in [1.29, 1.82) is 0 Å². The highest BCUT2D eigenvalue weighted by Gasteiger charge is 2.04. The van der Waals surface area contributed by atoms with Crippen LogP contribution in [0, 0.1) is 0 Å². The summed E-state index contributed by atoms with van der Waals surface area (Å²) in [5.41, 5.74) is 2.40. The number of hydrogen-bond acceptors (Lipinski definition) is 2. The summed E-state index contributed by atoms with van der Waals surface area (Å²) in [6.45, 7) is 4.66. The van der Waals surface area contributed by atoms with E-state index in [-0.39, 0.29) is 0 Å². The van der Waals surface area contributed by atoms with E-state index in [1.165, 1.54) is 5.56 Å². The van der Waals surface area contributed by atoms with Crippen molar-refractivity contribution in [3.05, 3.63) is 62.5 Å². The normalized spacial score (nSPS) is 10.6. The number of rotatable bonds is 7. The van der Waals surface area contributed by atoms with E-state index in [0.717, 1.165) is 39.8 Å². The first-order chi connectivity index (χ1) is 10.2. The van der Waals surface area contributed by atoms with Crippen molar-refractivity contribution in [3.63, 3.8) is 0 Å². The minimum Gasteiger partial charge on any atom is -0.488 e. The minimum atomic E-state index is 0.561. The quantitative estimate of drug-likeness (QED) is 0.623. The van der Waals surface area contributed by atoms with Crippen LogP contribution in [0.25, 0.3) is 0 Å². The Morgan fingerprint density at radius 3 is 2.62 bits per heavy atom. The SMILES string of the molecule is CCCNCc1ccc(OCc2cccc(Br)c2)c(Br)c1. The Kier molecular flexibility index (Phi) is 6.74. The molecule has 0 fully saturated rings. The number of halogens is 2. The molecule has 0 unspecified atom stereocenters. The van der Waals surface area contributed by atoms with Crippen molar-refractivity contribution in [3.8, 4) is 5.75 Å². The fourth-order valence-electron chi connectivity index (χ4n) is 1.97. The van der Waals surface area contributed by atoms with Gasteiger partial charge in [-0.05, 0) is 64.3 Å². The van der Waals surface area contributed by atoms with Crippen LogP contribution in [-0.4, -0.2) is 6.54 Å². The molecule has 2 aromatic carbocycles. The van der Waals surface area contributed by atoms with Gasteiger partial charge in [0.15, 0.2) is 0 Å². The van der Waals surface area contributed by atoms with Crippen molar-refractivity contribution >= 4 is 31.9 Å². The predicted octanol–water partition coefficient (Wildman–Crippen LogP) is 5.29. The number of ether oxygens (including phenoxy) is 1. The van der Waals surface area contributed by atoms with Gasteiger partial charge in [0.25, 0.3) is 0 Å². The maximum absolute atomic E-state index is 5.87. The van der Waals surface area contributed by atoms with Crippen molar-refractivity contribution < 1.29 is 4.74 Å². The van der Waals surface area contributed by atoms with Crippen molar-refractivity contribution in [2.45, 2.75) is 26.5 Å². The van der Waals surface area contributed by atoms with Gasteiger partial charge in [0.05, 0.1) is 4.47 Å². The zero-order chi connectivity index (χ0) is 15.1. The molecule has 0 heterocycles. The predicted molar refractivity (Wildman–Crippen MR) is 94.6 cm³/mol. The molecule has 4 heteroatoms. The topological polar surface area (TPSA) is 21.3 Å². The molecule has 0 amide bonds. The Hall–Kier alpha value is -0.840. The fourth-order valence-corrected chi connectivity index (χ4v) is 2.96. The van der Waals surface area contributed by atoms with Gasteiger partial charge in [-0.25, -0.2) is 0 Å². The van der Waals surface area contributed by atoms with Crippen LogP contribution in [0.4, 0.5) is 0 Å². The molecule has 2 rings (SSSR count). The zero-order valence-electron chi connectivity index (χ0n) is 12.0. The summed E-state index contributed by atoms with van der Waals surface area (Å²) in [7, 11) is 0. The molecule has 2 nitrogen and oxygen atoms in total. The summed E-state index contributed by atoms with van der Waals surface area (Å²) in [5, 5.41) is 3.40. The van der Waals surface area contributed by atoms with Gasteiger partial charge in [0.1, 0.15) is 12.4 Å². The van der Waals surface area contributed by atoms with Crippen LogP contribution in [-0.2, 0) is 13.2 Å². The summed E-state index contributed by atoms with van der Waals surface area (Å²) in [5.74, 6) is 0.870. The van der Waals surface area contributed by atoms with Crippen molar-refractivity contribution in [2.75, 3.05) is 6.54 Å². The van der Waals surface area contributed by atoms with Gasteiger partial charge in [-0.3, -0.25) is 0 Å². The third-order valence-corrected chi connectivity index (χ3v) is 4.15. The lowest BCUT2D eigenvalue weighted by molar-refractivity contribution is 0.304. The molecule has 0 aliphatic carbocycles. The minimum absolute atomic E-state index is 0.561. The molecule has 0 atom stereocenters. The van der Waals surface area contributed by atoms with Gasteiger partial charge < -0.3 is 10.1 Å². The standard InChI is InChI=1S/C17H19Br2NO/c1-2-8-20-11-13-6-7-17(16(19)10-13)21-12-14-4-3-5-15(18)9-14/h3-7,9-10,20H,2,8,11-12H2,1H3. The van der Waals surface area contributed by atoms with E-state index in [2.05, 4.69) is 68.4 Å². The Bertz CT molecular complexity index is 587. The van der Waals surface area contributed by atoms with Gasteiger partial charge >= 0.3 is 0 Å². The molecule has 21 heavy (non-hydrogen) atoms. The first kappa shape index (κ1) is 16.5. The number of benzene rings is 2. The molecule has 0 saturated carbocycles. The Morgan fingerprint density at radius 2 is 1.90 bits per heavy atom. The highest BCUT2D eigenvalue weighted by Crippen LogP contribution is 2.27. The molecule has 0 radical (unpaired) electrons. The molecule has 0 aliphatic heterocycles. The molecular formula is C17H19Br2NO. The monoisotopic (exact) mass is 411 g/mol. The average Bonchev–Trinajstić information content (AvgIpc) is 2.47. The molecule has 0 spiro atoms. The van der Waals surface area contributed by atoms with Crippen LogP contribution >= 0.6 is 31.9 Å². The smallest absolute Gasteiger partial charge is 0.134 e. The van der Waals surface area contributed by atoms with E-state index in [4.69, 9.17) is 4.74 Å². The van der Waals surface area contributed by atoms with Crippen LogP contribution in [0.2, 0.25) is 0 Å². The Balaban J connectivity index is 1.94. The van der Waals surface area contributed by atoms with Crippen LogP contribution in [0.5, 0.6) is 5.75 Å². The number of nitrogens with one attached hydrogen (secondary N) is 1. The molecule has 2 aromatic rings. The number of hydrogen-bond donors (Lipinski definition) is 1. The van der Waals surface area contributed by atoms with E-state index < -0.39 is 0 Å². The van der Waals surface area contributed by atoms with E-state index in [1.54, 1.807) is 0 Å². The third kappa shape index (κ3) is 5.46. The van der Waals surface area contributed by atoms with Gasteiger partial charge in [-0.1, -0.05) is 41.1 Å². The Labute approximate surface area is 143 Å². The lowest BCUT2D eigenvalue weighted by Gasteiger charge is -2.10. The van der Waals surface area contributed by atoms with Crippen molar-refractivity contribution in [2.24, 2.45) is 0 Å². The summed E-state index contributed by atoms with van der Waals surface area (Å²) >= 11 is 7.05. The van der Waals surface area contributed by atoms with Crippen LogP contribution < -0.4 is 10.1 Å². The second-order valence-corrected chi connectivity index (χ2v) is 6.63. The van der Waals surface area contributed by atoms with Gasteiger partial charge in [0.2, 0.25) is 0 Å². The first-order valence-electron chi connectivity index (χ1n) is 7.05. The average molecular weight is 413 g/mol. The molecule has 112 valence electrons. The van der Waals surface area contributed by atoms with Crippen molar-refractivity contribution in [1.82, 2.24) is 5.32 Å². The van der Waals surface area contributed by atoms with E-state index in [1.807, 2.05) is 18.2 Å². The highest BCUT2D eigenvalue weighted by molar-refractivity contribution is 9.10. The lowest BCUT2D eigenvalue weighted by Crippen LogP contribution is -2.13. The second kappa shape index (κ2) is 8.57. The van der Waals surface area contributed by atoms with Crippen LogP contribution in [0.3, 0.4) is 0 Å². The molecule has 0 bridgehead atoms. The lowest BCUT2D eigenvalue weighted by atomic mass is 10.2. The third-order valence-electron chi connectivity index (χ3n) is 3.04. The maximum atomic E-state index is 5.87. The Morgan fingerprint density at radius 1 is 1.05 bits per heavy atom. The highest BCUT2D eigenvalue weighted by atomic mass is 79.9. The summed E-state index contributed by atoms with van der Waals surface area (Å²) in [6.07, 6.45) is 1.15. The summed E-state index contributed by atoms with van der Waals surface area (Å²) in [6, 6.07) is 14.4. The largest absolute Gasteiger partial charge is 0.488 e. The van der Waals surface area contributed by atoms with Gasteiger partial charge in [-0.2, -0.15) is 0 Å².